The van der Waals surface area contributed by atoms with Gasteiger partial charge in [0.25, 0.3) is 5.91 Å². The summed E-state index contributed by atoms with van der Waals surface area (Å²) >= 11 is 6.20. The molecular weight excluding hydrogens is 464 g/mol. The van der Waals surface area contributed by atoms with E-state index in [1.165, 1.54) is 16.4 Å². The highest BCUT2D eigenvalue weighted by atomic mass is 35.5. The first-order valence-electron chi connectivity index (χ1n) is 10.8. The van der Waals surface area contributed by atoms with Crippen molar-refractivity contribution >= 4 is 27.5 Å². The van der Waals surface area contributed by atoms with Crippen LogP contribution in [0.4, 0.5) is 0 Å². The zero-order valence-corrected chi connectivity index (χ0v) is 20.4. The van der Waals surface area contributed by atoms with Gasteiger partial charge in [-0.1, -0.05) is 50.6 Å². The number of carbonyl (C=O) groups excluding carboxylic acids is 1. The number of hydrogen-bond acceptors (Lipinski definition) is 6. The Bertz CT molecular complexity index is 1210. The lowest BCUT2D eigenvalue weighted by Gasteiger charge is -2.22. The van der Waals surface area contributed by atoms with Gasteiger partial charge >= 0.3 is 0 Å². The summed E-state index contributed by atoms with van der Waals surface area (Å²) in [7, 11) is -3.68. The molecule has 0 aliphatic carbocycles. The molecule has 8 nitrogen and oxygen atoms in total. The minimum Gasteiger partial charge on any atom is -0.419 e. The first-order valence-corrected chi connectivity index (χ1v) is 12.6. The Morgan fingerprint density at radius 2 is 1.76 bits per heavy atom. The molecule has 0 fully saturated rings. The molecule has 0 N–H and O–H groups in total. The Morgan fingerprint density at radius 1 is 1.03 bits per heavy atom. The Hall–Kier alpha value is -2.75. The highest BCUT2D eigenvalue weighted by Crippen LogP contribution is 2.26. The molecule has 0 atom stereocenters. The minimum atomic E-state index is -3.68. The number of carbonyl (C=O) groups is 1. The van der Waals surface area contributed by atoms with Crippen molar-refractivity contribution in [3.05, 3.63) is 65.0 Å². The van der Waals surface area contributed by atoms with Crippen LogP contribution < -0.4 is 0 Å². The van der Waals surface area contributed by atoms with Gasteiger partial charge in [0.05, 0.1) is 22.0 Å². The Morgan fingerprint density at radius 3 is 2.42 bits per heavy atom. The van der Waals surface area contributed by atoms with Crippen molar-refractivity contribution in [3.63, 3.8) is 0 Å². The molecule has 0 unspecified atom stereocenters. The van der Waals surface area contributed by atoms with Gasteiger partial charge in [-0.3, -0.25) is 4.79 Å². The number of sulfonamides is 1. The number of aromatic nitrogens is 2. The lowest BCUT2D eigenvalue weighted by Crippen LogP contribution is -2.32. The molecule has 3 aromatic rings. The van der Waals surface area contributed by atoms with E-state index in [1.807, 2.05) is 13.0 Å². The summed E-state index contributed by atoms with van der Waals surface area (Å²) in [5.41, 5.74) is 0.892. The smallest absolute Gasteiger partial charge is 0.254 e. The highest BCUT2D eigenvalue weighted by molar-refractivity contribution is 7.89. The van der Waals surface area contributed by atoms with Gasteiger partial charge in [0.15, 0.2) is 0 Å². The van der Waals surface area contributed by atoms with Crippen LogP contribution >= 0.6 is 11.6 Å². The maximum atomic E-state index is 13.3. The second kappa shape index (κ2) is 10.9. The topological polar surface area (TPSA) is 96.6 Å². The van der Waals surface area contributed by atoms with Crippen molar-refractivity contribution in [1.82, 2.24) is 19.4 Å². The van der Waals surface area contributed by atoms with E-state index in [0.717, 1.165) is 0 Å². The number of nitrogens with zero attached hydrogens (tertiary/aromatic N) is 4. The van der Waals surface area contributed by atoms with Crippen LogP contribution in [0.5, 0.6) is 0 Å². The summed E-state index contributed by atoms with van der Waals surface area (Å²) in [6, 6.07) is 13.2. The van der Waals surface area contributed by atoms with Crippen molar-refractivity contribution in [2.75, 3.05) is 19.6 Å². The predicted octanol–water partition coefficient (Wildman–Crippen LogP) is 4.47. The fourth-order valence-corrected chi connectivity index (χ4v) is 5.15. The Kier molecular flexibility index (Phi) is 8.23. The third kappa shape index (κ3) is 5.61. The van der Waals surface area contributed by atoms with Crippen molar-refractivity contribution < 1.29 is 17.6 Å². The van der Waals surface area contributed by atoms with Crippen LogP contribution in [0.1, 0.15) is 43.4 Å². The predicted molar refractivity (Wildman–Crippen MR) is 126 cm³/mol. The summed E-state index contributed by atoms with van der Waals surface area (Å²) in [5.74, 6) is 0.219. The average molecular weight is 491 g/mol. The number of rotatable bonds is 10. The summed E-state index contributed by atoms with van der Waals surface area (Å²) in [4.78, 5) is 14.9. The van der Waals surface area contributed by atoms with Crippen molar-refractivity contribution in [2.24, 2.45) is 0 Å². The van der Waals surface area contributed by atoms with E-state index in [2.05, 4.69) is 10.2 Å². The van der Waals surface area contributed by atoms with Gasteiger partial charge in [-0.25, -0.2) is 8.42 Å². The van der Waals surface area contributed by atoms with Gasteiger partial charge in [-0.2, -0.15) is 4.31 Å². The Balaban J connectivity index is 1.85. The molecule has 176 valence electrons. The first-order chi connectivity index (χ1) is 15.8. The summed E-state index contributed by atoms with van der Waals surface area (Å²) in [6.45, 7) is 6.74. The van der Waals surface area contributed by atoms with Crippen molar-refractivity contribution in [3.8, 4) is 11.5 Å². The minimum absolute atomic E-state index is 0.0901. The standard InChI is InChI=1S/C23H27ClN4O4S/c1-4-14-27(16-21-25-26-22(32-21)19-12-7-8-13-20(19)24)23(29)17-10-9-11-18(15-17)33(30,31)28(5-2)6-3/h7-13,15H,4-6,14,16H2,1-3H3. The third-order valence-corrected chi connectivity index (χ3v) is 7.48. The fraction of sp³-hybridized carbons (Fsp3) is 0.348. The van der Waals surface area contributed by atoms with Gasteiger partial charge in [-0.05, 0) is 36.8 Å². The number of hydrogen-bond donors (Lipinski definition) is 0. The van der Waals surface area contributed by atoms with E-state index in [0.29, 0.717) is 36.6 Å². The second-order valence-electron chi connectivity index (χ2n) is 7.32. The van der Waals surface area contributed by atoms with Crippen molar-refractivity contribution in [1.29, 1.82) is 0 Å². The van der Waals surface area contributed by atoms with Crippen LogP contribution in [-0.2, 0) is 16.6 Å². The number of amides is 1. The monoisotopic (exact) mass is 490 g/mol. The Labute approximate surface area is 199 Å². The molecule has 1 heterocycles. The van der Waals surface area contributed by atoms with E-state index >= 15 is 0 Å². The molecule has 0 radical (unpaired) electrons. The maximum Gasteiger partial charge on any atom is 0.254 e. The lowest BCUT2D eigenvalue weighted by molar-refractivity contribution is 0.0728. The molecule has 0 saturated carbocycles. The highest BCUT2D eigenvalue weighted by Gasteiger charge is 2.24. The SMILES string of the molecule is CCCN(Cc1nnc(-c2ccccc2Cl)o1)C(=O)c1cccc(S(=O)(=O)N(CC)CC)c1. The molecule has 33 heavy (non-hydrogen) atoms. The molecule has 0 aliphatic rings. The first kappa shape index (κ1) is 24.9. The van der Waals surface area contributed by atoms with E-state index in [9.17, 15) is 13.2 Å². The lowest BCUT2D eigenvalue weighted by atomic mass is 10.2. The third-order valence-electron chi connectivity index (χ3n) is 5.10. The van der Waals surface area contributed by atoms with E-state index in [1.54, 1.807) is 49.1 Å². The van der Waals surface area contributed by atoms with Crippen LogP contribution in [0.2, 0.25) is 5.02 Å². The molecule has 0 aliphatic heterocycles. The van der Waals surface area contributed by atoms with E-state index in [4.69, 9.17) is 16.0 Å². The van der Waals surface area contributed by atoms with E-state index in [-0.39, 0.29) is 34.7 Å². The van der Waals surface area contributed by atoms with Crippen LogP contribution in [-0.4, -0.2) is 53.4 Å². The molecular formula is C23H27ClN4O4S. The second-order valence-corrected chi connectivity index (χ2v) is 9.67. The molecule has 3 rings (SSSR count). The zero-order valence-electron chi connectivity index (χ0n) is 18.9. The zero-order chi connectivity index (χ0) is 24.0. The fourth-order valence-electron chi connectivity index (χ4n) is 3.43. The molecule has 0 saturated heterocycles. The van der Waals surface area contributed by atoms with Crippen LogP contribution in [0.25, 0.3) is 11.5 Å². The van der Waals surface area contributed by atoms with Crippen LogP contribution in [0.15, 0.2) is 57.8 Å². The van der Waals surface area contributed by atoms with Gasteiger partial charge < -0.3 is 9.32 Å². The molecule has 10 heteroatoms. The molecule has 1 aromatic heterocycles. The maximum absolute atomic E-state index is 13.3. The number of benzene rings is 2. The number of halogens is 1. The molecule has 0 spiro atoms. The summed E-state index contributed by atoms with van der Waals surface area (Å²) < 4.78 is 32.9. The summed E-state index contributed by atoms with van der Waals surface area (Å²) in [6.07, 6.45) is 0.703. The normalized spacial score (nSPS) is 11.7. The van der Waals surface area contributed by atoms with Gasteiger partial charge in [0.1, 0.15) is 0 Å². The average Bonchev–Trinajstić information content (AvgIpc) is 3.27. The quantitative estimate of drug-likeness (QED) is 0.416. The van der Waals surface area contributed by atoms with Gasteiger partial charge in [-0.15, -0.1) is 10.2 Å². The summed E-state index contributed by atoms with van der Waals surface area (Å²) in [5, 5.41) is 8.60. The van der Waals surface area contributed by atoms with Gasteiger partial charge in [0.2, 0.25) is 21.8 Å². The largest absolute Gasteiger partial charge is 0.419 e. The van der Waals surface area contributed by atoms with Crippen molar-refractivity contribution in [2.45, 2.75) is 38.6 Å². The molecule has 1 amide bonds. The van der Waals surface area contributed by atoms with Crippen LogP contribution in [0, 0.1) is 0 Å². The van der Waals surface area contributed by atoms with E-state index < -0.39 is 10.0 Å². The van der Waals surface area contributed by atoms with Crippen LogP contribution in [0.3, 0.4) is 0 Å². The molecule has 0 bridgehead atoms. The van der Waals surface area contributed by atoms with Gasteiger partial charge in [0, 0.05) is 25.2 Å². The molecule has 2 aromatic carbocycles.